The zero-order valence-corrected chi connectivity index (χ0v) is 21.3. The van der Waals surface area contributed by atoms with Crippen molar-refractivity contribution < 1.29 is 9.53 Å². The molecule has 184 valence electrons. The van der Waals surface area contributed by atoms with Crippen LogP contribution in [0, 0.1) is 0 Å². The van der Waals surface area contributed by atoms with E-state index in [1.54, 1.807) is 30.3 Å². The lowest BCUT2D eigenvalue weighted by Gasteiger charge is -2.09. The number of nitrogens with zero attached hydrogens (tertiary/aromatic N) is 2. The number of amides is 1. The standard InChI is InChI=1S/C30H23Cl2N3O2/c31-25-15-16-28(27(32)17-25)37-20-21-11-13-23(14-12-21)30(36)33-18-24-19-35(26-9-5-2-6-10-26)34-29(24)22-7-3-1-4-8-22/h1-17,19H,18,20H2,(H,33,36). The molecule has 5 nitrogen and oxygen atoms in total. The average molecular weight is 528 g/mol. The van der Waals surface area contributed by atoms with E-state index >= 15 is 0 Å². The Labute approximate surface area is 225 Å². The molecule has 0 spiro atoms. The normalized spacial score (nSPS) is 10.8. The summed E-state index contributed by atoms with van der Waals surface area (Å²) in [5, 5.41) is 8.84. The van der Waals surface area contributed by atoms with E-state index in [4.69, 9.17) is 33.0 Å². The predicted molar refractivity (Wildman–Crippen MR) is 147 cm³/mol. The number of hydrogen-bond donors (Lipinski definition) is 1. The van der Waals surface area contributed by atoms with Crippen molar-refractivity contribution in [3.05, 3.63) is 136 Å². The highest BCUT2D eigenvalue weighted by molar-refractivity contribution is 6.35. The van der Waals surface area contributed by atoms with Crippen molar-refractivity contribution in [2.45, 2.75) is 13.2 Å². The lowest BCUT2D eigenvalue weighted by molar-refractivity contribution is 0.0951. The summed E-state index contributed by atoms with van der Waals surface area (Å²) in [4.78, 5) is 12.9. The first-order valence-corrected chi connectivity index (χ1v) is 12.5. The number of para-hydroxylation sites is 1. The first-order chi connectivity index (χ1) is 18.1. The second kappa shape index (κ2) is 11.3. The summed E-state index contributed by atoms with van der Waals surface area (Å²) in [7, 11) is 0. The van der Waals surface area contributed by atoms with E-state index in [9.17, 15) is 4.79 Å². The number of hydrogen-bond acceptors (Lipinski definition) is 3. The molecule has 0 unspecified atom stereocenters. The lowest BCUT2D eigenvalue weighted by Crippen LogP contribution is -2.22. The first kappa shape index (κ1) is 24.6. The van der Waals surface area contributed by atoms with Gasteiger partial charge in [0.25, 0.3) is 5.91 Å². The number of nitrogens with one attached hydrogen (secondary N) is 1. The lowest BCUT2D eigenvalue weighted by atomic mass is 10.1. The van der Waals surface area contributed by atoms with Crippen molar-refractivity contribution in [3.63, 3.8) is 0 Å². The van der Waals surface area contributed by atoms with Crippen molar-refractivity contribution in [2.75, 3.05) is 0 Å². The summed E-state index contributed by atoms with van der Waals surface area (Å²) >= 11 is 12.1. The molecule has 0 fully saturated rings. The van der Waals surface area contributed by atoms with Gasteiger partial charge in [-0.15, -0.1) is 0 Å². The molecule has 37 heavy (non-hydrogen) atoms. The Morgan fingerprint density at radius 2 is 1.57 bits per heavy atom. The van der Waals surface area contributed by atoms with Gasteiger partial charge in [-0.05, 0) is 48.0 Å². The maximum absolute atomic E-state index is 12.9. The topological polar surface area (TPSA) is 56.2 Å². The molecule has 0 aliphatic carbocycles. The van der Waals surface area contributed by atoms with Crippen molar-refractivity contribution >= 4 is 29.1 Å². The van der Waals surface area contributed by atoms with Gasteiger partial charge < -0.3 is 10.1 Å². The van der Waals surface area contributed by atoms with Crippen molar-refractivity contribution in [1.82, 2.24) is 15.1 Å². The molecular weight excluding hydrogens is 505 g/mol. The number of carbonyl (C=O) groups excluding carboxylic acids is 1. The van der Waals surface area contributed by atoms with Crippen LogP contribution in [0.1, 0.15) is 21.5 Å². The highest BCUT2D eigenvalue weighted by Gasteiger charge is 2.14. The fraction of sp³-hybridized carbons (Fsp3) is 0.0667. The maximum atomic E-state index is 12.9. The third kappa shape index (κ3) is 6.02. The summed E-state index contributed by atoms with van der Waals surface area (Å²) in [5.74, 6) is 0.387. The second-order valence-corrected chi connectivity index (χ2v) is 9.24. The molecule has 0 saturated carbocycles. The fourth-order valence-electron chi connectivity index (χ4n) is 3.87. The van der Waals surface area contributed by atoms with Crippen LogP contribution in [0.4, 0.5) is 0 Å². The van der Waals surface area contributed by atoms with Gasteiger partial charge in [0.1, 0.15) is 12.4 Å². The summed E-state index contributed by atoms with van der Waals surface area (Å²) in [6.07, 6.45) is 1.96. The Morgan fingerprint density at radius 3 is 2.27 bits per heavy atom. The number of carbonyl (C=O) groups is 1. The maximum Gasteiger partial charge on any atom is 0.251 e. The van der Waals surface area contributed by atoms with E-state index in [1.807, 2.05) is 83.7 Å². The third-order valence-electron chi connectivity index (χ3n) is 5.80. The van der Waals surface area contributed by atoms with Gasteiger partial charge in [-0.1, -0.05) is 83.9 Å². The molecule has 4 aromatic carbocycles. The Kier molecular flexibility index (Phi) is 7.54. The van der Waals surface area contributed by atoms with E-state index in [0.717, 1.165) is 28.1 Å². The van der Waals surface area contributed by atoms with Crippen molar-refractivity contribution in [2.24, 2.45) is 0 Å². The molecule has 7 heteroatoms. The van der Waals surface area contributed by atoms with Gasteiger partial charge in [0.05, 0.1) is 16.4 Å². The Morgan fingerprint density at radius 1 is 0.865 bits per heavy atom. The molecule has 0 atom stereocenters. The van der Waals surface area contributed by atoms with Crippen LogP contribution in [-0.2, 0) is 13.2 Å². The molecule has 1 heterocycles. The molecule has 0 aliphatic heterocycles. The molecule has 0 radical (unpaired) electrons. The van der Waals surface area contributed by atoms with Crippen LogP contribution < -0.4 is 10.1 Å². The molecule has 0 saturated heterocycles. The highest BCUT2D eigenvalue weighted by Crippen LogP contribution is 2.28. The fourth-order valence-corrected chi connectivity index (χ4v) is 4.34. The van der Waals surface area contributed by atoms with Gasteiger partial charge in [-0.3, -0.25) is 4.79 Å². The number of rotatable bonds is 8. The monoisotopic (exact) mass is 527 g/mol. The average Bonchev–Trinajstić information content (AvgIpc) is 3.37. The number of ether oxygens (including phenoxy) is 1. The minimum absolute atomic E-state index is 0.167. The smallest absolute Gasteiger partial charge is 0.251 e. The van der Waals surface area contributed by atoms with Crippen molar-refractivity contribution in [1.29, 1.82) is 0 Å². The van der Waals surface area contributed by atoms with Gasteiger partial charge in [-0.25, -0.2) is 4.68 Å². The molecular formula is C30H23Cl2N3O2. The van der Waals surface area contributed by atoms with Gasteiger partial charge >= 0.3 is 0 Å². The largest absolute Gasteiger partial charge is 0.487 e. The molecule has 5 aromatic rings. The van der Waals surface area contributed by atoms with Crippen molar-refractivity contribution in [3.8, 4) is 22.7 Å². The van der Waals surface area contributed by atoms with Crippen LogP contribution in [0.15, 0.2) is 109 Å². The summed E-state index contributed by atoms with van der Waals surface area (Å²) < 4.78 is 7.62. The Bertz CT molecular complexity index is 1500. The molecule has 1 N–H and O–H groups in total. The van der Waals surface area contributed by atoms with E-state index < -0.39 is 0 Å². The minimum atomic E-state index is -0.167. The van der Waals surface area contributed by atoms with E-state index in [2.05, 4.69) is 5.32 Å². The Hall–Kier alpha value is -4.06. The first-order valence-electron chi connectivity index (χ1n) is 11.7. The number of benzene rings is 4. The quantitative estimate of drug-likeness (QED) is 0.229. The van der Waals surface area contributed by atoms with Gasteiger partial charge in [0.15, 0.2) is 0 Å². The van der Waals surface area contributed by atoms with Crippen LogP contribution in [0.3, 0.4) is 0 Å². The van der Waals surface area contributed by atoms with Crippen LogP contribution in [0.25, 0.3) is 16.9 Å². The minimum Gasteiger partial charge on any atom is -0.487 e. The predicted octanol–water partition coefficient (Wildman–Crippen LogP) is 7.36. The summed E-state index contributed by atoms with van der Waals surface area (Å²) in [6.45, 7) is 0.665. The zero-order chi connectivity index (χ0) is 25.6. The van der Waals surface area contributed by atoms with Crippen LogP contribution in [-0.4, -0.2) is 15.7 Å². The third-order valence-corrected chi connectivity index (χ3v) is 6.33. The molecule has 0 bridgehead atoms. The molecule has 1 aromatic heterocycles. The van der Waals surface area contributed by atoms with E-state index in [0.29, 0.717) is 34.5 Å². The highest BCUT2D eigenvalue weighted by atomic mass is 35.5. The van der Waals surface area contributed by atoms with E-state index in [1.165, 1.54) is 0 Å². The van der Waals surface area contributed by atoms with Gasteiger partial charge in [0.2, 0.25) is 0 Å². The zero-order valence-electron chi connectivity index (χ0n) is 19.8. The summed E-state index contributed by atoms with van der Waals surface area (Å²) in [6, 6.07) is 32.2. The molecule has 5 rings (SSSR count). The second-order valence-electron chi connectivity index (χ2n) is 8.39. The summed E-state index contributed by atoms with van der Waals surface area (Å²) in [5.41, 5.74) is 5.18. The van der Waals surface area contributed by atoms with Gasteiger partial charge in [0, 0.05) is 34.5 Å². The van der Waals surface area contributed by atoms with Crippen LogP contribution >= 0.6 is 23.2 Å². The number of halogens is 2. The van der Waals surface area contributed by atoms with Crippen LogP contribution in [0.5, 0.6) is 5.75 Å². The van der Waals surface area contributed by atoms with Gasteiger partial charge in [-0.2, -0.15) is 5.10 Å². The number of aromatic nitrogens is 2. The molecule has 0 aliphatic rings. The Balaban J connectivity index is 1.26. The molecule has 1 amide bonds. The SMILES string of the molecule is O=C(NCc1cn(-c2ccccc2)nc1-c1ccccc1)c1ccc(COc2ccc(Cl)cc2Cl)cc1. The van der Waals surface area contributed by atoms with Crippen LogP contribution in [0.2, 0.25) is 10.0 Å². The van der Waals surface area contributed by atoms with E-state index in [-0.39, 0.29) is 5.91 Å².